The van der Waals surface area contributed by atoms with Gasteiger partial charge in [0.2, 0.25) is 0 Å². The second-order valence-corrected chi connectivity index (χ2v) is 6.15. The molecular weight excluding hydrogens is 290 g/mol. The largest absolute Gasteiger partial charge is 0.301 e. The Morgan fingerprint density at radius 1 is 1.35 bits per heavy atom. The van der Waals surface area contributed by atoms with E-state index in [-0.39, 0.29) is 5.54 Å². The summed E-state index contributed by atoms with van der Waals surface area (Å²) >= 11 is 7.82. The standard InChI is InChI=1S/C15H16ClN3S/c1-15(11-16,12-5-3-2-4-6-12)17-9-13-10-19-7-8-20-14(19)18-13/h2-8,10,17H,9,11H2,1H3. The van der Waals surface area contributed by atoms with Crippen molar-refractivity contribution in [1.29, 1.82) is 0 Å². The fourth-order valence-corrected chi connectivity index (χ4v) is 3.15. The van der Waals surface area contributed by atoms with E-state index in [0.29, 0.717) is 12.4 Å². The quantitative estimate of drug-likeness (QED) is 0.729. The van der Waals surface area contributed by atoms with Crippen LogP contribution in [-0.2, 0) is 12.1 Å². The molecule has 20 heavy (non-hydrogen) atoms. The van der Waals surface area contributed by atoms with E-state index in [4.69, 9.17) is 11.6 Å². The number of nitrogens with zero attached hydrogens (tertiary/aromatic N) is 2. The van der Waals surface area contributed by atoms with Gasteiger partial charge in [0.05, 0.1) is 11.2 Å². The number of thiazole rings is 1. The van der Waals surface area contributed by atoms with E-state index in [1.165, 1.54) is 5.56 Å². The van der Waals surface area contributed by atoms with E-state index in [1.807, 2.05) is 34.2 Å². The van der Waals surface area contributed by atoms with Crippen LogP contribution in [0.1, 0.15) is 18.2 Å². The number of imidazole rings is 1. The Bertz CT molecular complexity index is 663. The predicted octanol–water partition coefficient (Wildman–Crippen LogP) is 3.64. The first-order valence-corrected chi connectivity index (χ1v) is 7.90. The molecule has 1 unspecified atom stereocenters. The molecule has 0 spiro atoms. The summed E-state index contributed by atoms with van der Waals surface area (Å²) in [4.78, 5) is 5.60. The number of rotatable bonds is 5. The lowest BCUT2D eigenvalue weighted by Gasteiger charge is -2.29. The third-order valence-electron chi connectivity index (χ3n) is 3.48. The van der Waals surface area contributed by atoms with Gasteiger partial charge in [-0.2, -0.15) is 0 Å². The maximum atomic E-state index is 6.18. The van der Waals surface area contributed by atoms with Gasteiger partial charge in [-0.05, 0) is 12.5 Å². The van der Waals surface area contributed by atoms with Crippen LogP contribution >= 0.6 is 22.9 Å². The van der Waals surface area contributed by atoms with Crippen LogP contribution in [0.15, 0.2) is 48.1 Å². The number of halogens is 1. The first-order valence-electron chi connectivity index (χ1n) is 6.49. The van der Waals surface area contributed by atoms with Crippen molar-refractivity contribution in [3.05, 3.63) is 59.4 Å². The minimum Gasteiger partial charge on any atom is -0.301 e. The highest BCUT2D eigenvalue weighted by atomic mass is 35.5. The summed E-state index contributed by atoms with van der Waals surface area (Å²) in [5, 5.41) is 5.56. The highest BCUT2D eigenvalue weighted by Gasteiger charge is 2.24. The number of aromatic nitrogens is 2. The molecule has 1 atom stereocenters. The van der Waals surface area contributed by atoms with Crippen molar-refractivity contribution in [2.75, 3.05) is 5.88 Å². The highest BCUT2D eigenvalue weighted by molar-refractivity contribution is 7.15. The molecule has 5 heteroatoms. The lowest BCUT2D eigenvalue weighted by Crippen LogP contribution is -2.40. The van der Waals surface area contributed by atoms with Gasteiger partial charge < -0.3 is 5.32 Å². The van der Waals surface area contributed by atoms with Gasteiger partial charge >= 0.3 is 0 Å². The average molecular weight is 306 g/mol. The predicted molar refractivity (Wildman–Crippen MR) is 84.4 cm³/mol. The maximum absolute atomic E-state index is 6.18. The van der Waals surface area contributed by atoms with E-state index < -0.39 is 0 Å². The van der Waals surface area contributed by atoms with Crippen LogP contribution in [0.4, 0.5) is 0 Å². The van der Waals surface area contributed by atoms with E-state index in [9.17, 15) is 0 Å². The molecule has 0 aliphatic carbocycles. The summed E-state index contributed by atoms with van der Waals surface area (Å²) in [6.07, 6.45) is 4.08. The topological polar surface area (TPSA) is 29.3 Å². The van der Waals surface area contributed by atoms with Gasteiger partial charge in [0, 0.05) is 30.2 Å². The summed E-state index contributed by atoms with van der Waals surface area (Å²) < 4.78 is 2.04. The van der Waals surface area contributed by atoms with Crippen LogP contribution in [0.5, 0.6) is 0 Å². The minimum absolute atomic E-state index is 0.250. The van der Waals surface area contributed by atoms with E-state index in [0.717, 1.165) is 10.7 Å². The lowest BCUT2D eigenvalue weighted by molar-refractivity contribution is 0.404. The highest BCUT2D eigenvalue weighted by Crippen LogP contribution is 2.23. The van der Waals surface area contributed by atoms with Gasteiger partial charge in [-0.15, -0.1) is 22.9 Å². The van der Waals surface area contributed by atoms with Crippen molar-refractivity contribution in [2.24, 2.45) is 0 Å². The molecule has 3 rings (SSSR count). The SMILES string of the molecule is CC(CCl)(NCc1cn2ccsc2n1)c1ccccc1. The third-order valence-corrected chi connectivity index (χ3v) is 4.79. The molecule has 104 valence electrons. The van der Waals surface area contributed by atoms with Gasteiger partial charge in [-0.25, -0.2) is 4.98 Å². The summed E-state index contributed by atoms with van der Waals surface area (Å²) in [6, 6.07) is 10.3. The van der Waals surface area contributed by atoms with Crippen LogP contribution in [0, 0.1) is 0 Å². The number of hydrogen-bond donors (Lipinski definition) is 1. The van der Waals surface area contributed by atoms with Crippen molar-refractivity contribution >= 4 is 27.9 Å². The van der Waals surface area contributed by atoms with Gasteiger partial charge in [0.15, 0.2) is 4.96 Å². The maximum Gasteiger partial charge on any atom is 0.193 e. The molecule has 0 aliphatic heterocycles. The van der Waals surface area contributed by atoms with Crippen LogP contribution in [0.3, 0.4) is 0 Å². The number of hydrogen-bond acceptors (Lipinski definition) is 3. The van der Waals surface area contributed by atoms with Gasteiger partial charge in [-0.3, -0.25) is 4.40 Å². The zero-order chi connectivity index (χ0) is 14.0. The summed E-state index contributed by atoms with van der Waals surface area (Å²) in [6.45, 7) is 2.82. The minimum atomic E-state index is -0.250. The van der Waals surface area contributed by atoms with Gasteiger partial charge in [-0.1, -0.05) is 30.3 Å². The average Bonchev–Trinajstić information content (AvgIpc) is 3.07. The van der Waals surface area contributed by atoms with E-state index in [2.05, 4.69) is 35.6 Å². The fourth-order valence-electron chi connectivity index (χ4n) is 2.18. The monoisotopic (exact) mass is 305 g/mol. The first-order chi connectivity index (χ1) is 9.71. The van der Waals surface area contributed by atoms with E-state index >= 15 is 0 Å². The molecule has 0 fully saturated rings. The Morgan fingerprint density at radius 3 is 2.85 bits per heavy atom. The lowest BCUT2D eigenvalue weighted by atomic mass is 9.94. The van der Waals surface area contributed by atoms with E-state index in [1.54, 1.807) is 11.3 Å². The molecule has 1 aromatic carbocycles. The van der Waals surface area contributed by atoms with Crippen LogP contribution in [-0.4, -0.2) is 15.3 Å². The molecule has 1 N–H and O–H groups in total. The molecular formula is C15H16ClN3S. The molecule has 2 heterocycles. The molecule has 3 nitrogen and oxygen atoms in total. The number of fused-ring (bicyclic) bond motifs is 1. The van der Waals surface area contributed by atoms with Crippen LogP contribution in [0.25, 0.3) is 4.96 Å². The summed E-state index contributed by atoms with van der Waals surface area (Å²) in [7, 11) is 0. The van der Waals surface area contributed by atoms with Gasteiger partial charge in [0.25, 0.3) is 0 Å². The smallest absolute Gasteiger partial charge is 0.193 e. The zero-order valence-electron chi connectivity index (χ0n) is 11.2. The normalized spacial score (nSPS) is 14.5. The van der Waals surface area contributed by atoms with Crippen LogP contribution in [0.2, 0.25) is 0 Å². The Balaban J connectivity index is 1.76. The Morgan fingerprint density at radius 2 is 2.15 bits per heavy atom. The Labute approximate surface area is 127 Å². The summed E-state index contributed by atoms with van der Waals surface area (Å²) in [5.41, 5.74) is 1.97. The van der Waals surface area contributed by atoms with Crippen molar-refractivity contribution < 1.29 is 0 Å². The fraction of sp³-hybridized carbons (Fsp3) is 0.267. The molecule has 3 aromatic rings. The first kappa shape index (κ1) is 13.6. The molecule has 0 amide bonds. The number of alkyl halides is 1. The zero-order valence-corrected chi connectivity index (χ0v) is 12.8. The van der Waals surface area contributed by atoms with Crippen molar-refractivity contribution in [3.8, 4) is 0 Å². The van der Waals surface area contributed by atoms with Crippen molar-refractivity contribution in [2.45, 2.75) is 19.0 Å². The molecule has 0 saturated carbocycles. The number of nitrogens with one attached hydrogen (secondary N) is 1. The second kappa shape index (κ2) is 5.56. The van der Waals surface area contributed by atoms with Crippen LogP contribution < -0.4 is 5.32 Å². The second-order valence-electron chi connectivity index (χ2n) is 5.01. The Hall–Kier alpha value is -1.36. The summed E-state index contributed by atoms with van der Waals surface area (Å²) in [5.74, 6) is 0.513. The van der Waals surface area contributed by atoms with Gasteiger partial charge in [0.1, 0.15) is 0 Å². The Kier molecular flexibility index (Phi) is 3.78. The molecule has 2 aromatic heterocycles. The molecule has 0 radical (unpaired) electrons. The molecule has 0 bridgehead atoms. The molecule has 0 aliphatic rings. The third kappa shape index (κ3) is 2.59. The van der Waals surface area contributed by atoms with Crippen molar-refractivity contribution in [3.63, 3.8) is 0 Å². The molecule has 0 saturated heterocycles. The van der Waals surface area contributed by atoms with Crippen molar-refractivity contribution in [1.82, 2.24) is 14.7 Å². The number of benzene rings is 1.